The predicted octanol–water partition coefficient (Wildman–Crippen LogP) is 22.1. The van der Waals surface area contributed by atoms with Crippen LogP contribution in [-0.2, 0) is 16.6 Å². The summed E-state index contributed by atoms with van der Waals surface area (Å²) >= 11 is 11.6. The third-order valence-corrected chi connectivity index (χ3v) is 15.4. The molecule has 8 aromatic rings. The first-order valence-electron chi connectivity index (χ1n) is 26.2. The van der Waals surface area contributed by atoms with Gasteiger partial charge in [-0.15, -0.1) is 0 Å². The van der Waals surface area contributed by atoms with Crippen molar-refractivity contribution in [3.63, 3.8) is 0 Å². The number of ether oxygens (including phenoxy) is 4. The van der Waals surface area contributed by atoms with Crippen LogP contribution >= 0.6 is 23.2 Å². The Morgan fingerprint density at radius 1 is 0.311 bits per heavy atom. The molecule has 0 aliphatic heterocycles. The topological polar surface area (TPSA) is 36.9 Å². The summed E-state index contributed by atoms with van der Waals surface area (Å²) in [4.78, 5) is 0. The predicted molar refractivity (Wildman–Crippen MR) is 282 cm³/mol. The lowest BCUT2D eigenvalue weighted by molar-refractivity contribution is -0.288. The van der Waals surface area contributed by atoms with Crippen molar-refractivity contribution in [3.05, 3.63) is 222 Å². The zero-order valence-corrected chi connectivity index (χ0v) is 47.5. The molecule has 28 heteroatoms. The summed E-state index contributed by atoms with van der Waals surface area (Å²) in [6, 6.07) is 10.7. The van der Waals surface area contributed by atoms with Crippen molar-refractivity contribution in [1.29, 1.82) is 0 Å². The molecule has 0 saturated heterocycles. The quantitative estimate of drug-likeness (QED) is 0.0597. The fourth-order valence-corrected chi connectivity index (χ4v) is 10.7. The minimum atomic E-state index is -6.44. The highest BCUT2D eigenvalue weighted by Gasteiger charge is 2.72. The Hall–Kier alpha value is -8.00. The molecular weight excluding hydrogens is 1300 g/mol. The van der Waals surface area contributed by atoms with Crippen LogP contribution in [0.2, 0.25) is 10.0 Å². The van der Waals surface area contributed by atoms with E-state index < -0.39 is 215 Å². The fraction of sp³-hybridized carbons (Fsp3) is 0.226. The molecule has 0 saturated carbocycles. The lowest BCUT2D eigenvalue weighted by Crippen LogP contribution is -2.54. The molecule has 8 rings (SSSR count). The molecular formula is C62H38Cl2F22O4. The summed E-state index contributed by atoms with van der Waals surface area (Å²) in [5.74, 6) is -47.8. The molecule has 0 spiro atoms. The summed E-state index contributed by atoms with van der Waals surface area (Å²) in [6.45, 7) is 4.90. The number of hydrogen-bond donors (Lipinski definition) is 0. The molecule has 8 aromatic carbocycles. The van der Waals surface area contributed by atoms with E-state index in [1.54, 1.807) is 0 Å². The Balaban J connectivity index is 1.12. The van der Waals surface area contributed by atoms with Gasteiger partial charge in [0.25, 0.3) is 0 Å². The smallest absolute Gasteiger partial charge is 0.411 e. The van der Waals surface area contributed by atoms with Crippen LogP contribution in [0.5, 0.6) is 34.5 Å². The monoisotopic (exact) mass is 1330 g/mol. The van der Waals surface area contributed by atoms with Crippen molar-refractivity contribution in [2.45, 2.75) is 88.8 Å². The van der Waals surface area contributed by atoms with Crippen molar-refractivity contribution in [2.75, 3.05) is 0 Å². The number of rotatable bonds is 19. The van der Waals surface area contributed by atoms with Gasteiger partial charge in [0.1, 0.15) is 34.2 Å². The maximum absolute atomic E-state index is 16.3. The summed E-state index contributed by atoms with van der Waals surface area (Å²) < 4.78 is 367. The fourth-order valence-electron chi connectivity index (χ4n) is 10.4. The van der Waals surface area contributed by atoms with Gasteiger partial charge < -0.3 is 18.9 Å². The Morgan fingerprint density at radius 2 is 0.556 bits per heavy atom. The highest BCUT2D eigenvalue weighted by Crippen LogP contribution is 2.57. The minimum Gasteiger partial charge on any atom is -0.482 e. The van der Waals surface area contributed by atoms with Gasteiger partial charge in [-0.25, -0.2) is 52.7 Å². The second kappa shape index (κ2) is 25.4. The van der Waals surface area contributed by atoms with Crippen molar-refractivity contribution >= 4 is 23.2 Å². The van der Waals surface area contributed by atoms with Gasteiger partial charge in [0.05, 0.1) is 33.4 Å². The molecule has 0 amide bonds. The van der Waals surface area contributed by atoms with E-state index >= 15 is 96.6 Å². The van der Waals surface area contributed by atoms with Gasteiger partial charge in [-0.05, 0) is 110 Å². The highest BCUT2D eigenvalue weighted by atomic mass is 35.5. The molecule has 90 heavy (non-hydrogen) atoms. The maximum atomic E-state index is 16.3. The largest absolute Gasteiger partial charge is 0.482 e. The molecule has 4 nitrogen and oxygen atoms in total. The molecule has 1 unspecified atom stereocenters. The average molecular weight is 1340 g/mol. The van der Waals surface area contributed by atoms with E-state index in [0.717, 1.165) is 38.1 Å². The molecule has 0 heterocycles. The van der Waals surface area contributed by atoms with Gasteiger partial charge >= 0.3 is 12.4 Å². The van der Waals surface area contributed by atoms with Crippen LogP contribution in [0.15, 0.2) is 97.1 Å². The van der Waals surface area contributed by atoms with Crippen molar-refractivity contribution in [3.8, 4) is 56.8 Å². The molecule has 0 aromatic heterocycles. The number of benzene rings is 8. The van der Waals surface area contributed by atoms with Crippen LogP contribution in [0.25, 0.3) is 22.3 Å². The van der Waals surface area contributed by atoms with Gasteiger partial charge in [0.15, 0.2) is 69.8 Å². The summed E-state index contributed by atoms with van der Waals surface area (Å²) in [7, 11) is 0. The van der Waals surface area contributed by atoms with Crippen LogP contribution < -0.4 is 18.9 Å². The van der Waals surface area contributed by atoms with Crippen LogP contribution in [0.1, 0.15) is 82.1 Å². The molecule has 1 atom stereocenters. The second-order valence-electron chi connectivity index (χ2n) is 19.8. The van der Waals surface area contributed by atoms with Crippen molar-refractivity contribution in [2.24, 2.45) is 0 Å². The van der Waals surface area contributed by atoms with Gasteiger partial charge in [0, 0.05) is 10.0 Å². The Kier molecular flexibility index (Phi) is 19.1. The van der Waals surface area contributed by atoms with E-state index in [1.807, 2.05) is 0 Å². The highest BCUT2D eigenvalue weighted by molar-refractivity contribution is 6.30. The van der Waals surface area contributed by atoms with Gasteiger partial charge in [-0.2, -0.15) is 43.9 Å². The molecule has 0 aliphatic carbocycles. The standard InChI is InChI=1S/C62H38Cl2F22O4/c1-5-25-59(8-4,90-33-23-15-29(64)16-24-33)39-50(75)42(67)35(43(68)51(39)76)37-46(71)52(77)56(53(78)47(37)72)87-30-17-9-26(10-18-30)60(61(81,82)83,62(84,85)86)27-11-19-32(20-12-27)89-58(6-2,7-3)38-48(73)40(65)34(41(66)49(38)74)36-44(69)54(79)57(55(80)45(36)70)88-31-21-13-28(63)14-22-31/h9-24H,5-8,25H2,1-4H3. The SMILES string of the molecule is CCCC(CC)(Oc1ccc(Cl)cc1)c1c(F)c(F)c(-c2c(F)c(F)c(Oc3ccc(C(c4ccc(OC(CC)(CC)c5c(F)c(F)c(-c6c(F)c(F)c(Oc7ccc(Cl)cc7)c(F)c6F)c(F)c5F)cc4)(C(F)(F)F)C(F)(F)F)cc3)c(F)c2F)c(F)c1F. The first kappa shape index (κ1) is 67.9. The van der Waals surface area contributed by atoms with Crippen LogP contribution in [0.3, 0.4) is 0 Å². The Bertz CT molecular complexity index is 3910. The normalized spacial score (nSPS) is 13.0. The molecule has 478 valence electrons. The number of halogens is 24. The first-order chi connectivity index (χ1) is 42.1. The van der Waals surface area contributed by atoms with Crippen molar-refractivity contribution in [1.82, 2.24) is 0 Å². The molecule has 0 N–H and O–H groups in total. The molecule has 0 radical (unpaired) electrons. The van der Waals surface area contributed by atoms with E-state index in [0.29, 0.717) is 12.1 Å². The molecule has 0 fully saturated rings. The zero-order chi connectivity index (χ0) is 66.7. The summed E-state index contributed by atoms with van der Waals surface area (Å²) in [5, 5.41) is 0.254. The molecule has 0 aliphatic rings. The van der Waals surface area contributed by atoms with Crippen LogP contribution in [-0.4, -0.2) is 12.4 Å². The van der Waals surface area contributed by atoms with E-state index in [4.69, 9.17) is 42.1 Å². The lowest BCUT2D eigenvalue weighted by Gasteiger charge is -2.38. The third-order valence-electron chi connectivity index (χ3n) is 14.9. The first-order valence-corrected chi connectivity index (χ1v) is 27.0. The maximum Gasteiger partial charge on any atom is 0.411 e. The van der Waals surface area contributed by atoms with Crippen LogP contribution in [0, 0.1) is 93.1 Å². The summed E-state index contributed by atoms with van der Waals surface area (Å²) in [5.41, 5.74) is -26.1. The van der Waals surface area contributed by atoms with E-state index in [2.05, 4.69) is 0 Å². The Morgan fingerprint density at radius 3 is 0.833 bits per heavy atom. The van der Waals surface area contributed by atoms with Crippen LogP contribution in [0.4, 0.5) is 96.6 Å². The van der Waals surface area contributed by atoms with E-state index in [1.165, 1.54) is 38.1 Å². The second-order valence-corrected chi connectivity index (χ2v) is 20.7. The number of hydrogen-bond acceptors (Lipinski definition) is 4. The third kappa shape index (κ3) is 11.4. The minimum absolute atomic E-state index is 0.0164. The average Bonchev–Trinajstić information content (AvgIpc) is 0.789. The van der Waals surface area contributed by atoms with Gasteiger partial charge in [-0.3, -0.25) is 0 Å². The summed E-state index contributed by atoms with van der Waals surface area (Å²) in [6.07, 6.45) is -15.1. The lowest BCUT2D eigenvalue weighted by atomic mass is 9.73. The van der Waals surface area contributed by atoms with E-state index in [9.17, 15) is 0 Å². The zero-order valence-electron chi connectivity index (χ0n) is 46.0. The van der Waals surface area contributed by atoms with Gasteiger partial charge in [0.2, 0.25) is 40.2 Å². The number of alkyl halides is 6. The van der Waals surface area contributed by atoms with Gasteiger partial charge in [-0.1, -0.05) is 81.6 Å². The molecule has 0 bridgehead atoms. The van der Waals surface area contributed by atoms with Crippen molar-refractivity contribution < 1.29 is 116 Å². The van der Waals surface area contributed by atoms with E-state index in [-0.39, 0.29) is 65.0 Å². The Labute approximate surface area is 505 Å².